The van der Waals surface area contributed by atoms with E-state index in [9.17, 15) is 0 Å². The normalized spacial score (nSPS) is 18.8. The Bertz CT molecular complexity index is 610. The molecule has 0 bridgehead atoms. The number of fused-ring (bicyclic) bond motifs is 1. The maximum atomic E-state index is 6.39. The lowest BCUT2D eigenvalue weighted by Gasteiger charge is -2.26. The third-order valence-corrected chi connectivity index (χ3v) is 5.23. The van der Waals surface area contributed by atoms with Gasteiger partial charge in [0.25, 0.3) is 0 Å². The molecule has 0 aliphatic carbocycles. The van der Waals surface area contributed by atoms with Crippen LogP contribution in [-0.2, 0) is 6.54 Å². The maximum Gasteiger partial charge on any atom is 0.159 e. The number of rotatable bonds is 3. The monoisotopic (exact) mass is 312 g/mol. The predicted octanol–water partition coefficient (Wildman–Crippen LogP) is 3.93. The Kier molecular flexibility index (Phi) is 4.00. The smallest absolute Gasteiger partial charge is 0.159 e. The van der Waals surface area contributed by atoms with E-state index in [2.05, 4.69) is 21.3 Å². The van der Waals surface area contributed by atoms with Crippen LogP contribution in [0.4, 0.5) is 0 Å². The number of nitrogens with zero attached hydrogens (tertiary/aromatic N) is 4. The molecule has 2 aromatic rings. The van der Waals surface area contributed by atoms with E-state index in [0.717, 1.165) is 29.2 Å². The lowest BCUT2D eigenvalue weighted by atomic mass is 10.1. The third kappa shape index (κ3) is 2.25. The van der Waals surface area contributed by atoms with E-state index < -0.39 is 0 Å². The average Bonchev–Trinajstić information content (AvgIpc) is 2.98. The van der Waals surface area contributed by atoms with Gasteiger partial charge >= 0.3 is 0 Å². The first kappa shape index (κ1) is 14.3. The van der Waals surface area contributed by atoms with Gasteiger partial charge in [0.05, 0.1) is 11.1 Å². The van der Waals surface area contributed by atoms with E-state index in [1.165, 1.54) is 24.3 Å². The van der Waals surface area contributed by atoms with Gasteiger partial charge in [-0.3, -0.25) is 0 Å². The van der Waals surface area contributed by atoms with Crippen LogP contribution in [0.25, 0.3) is 11.2 Å². The summed E-state index contributed by atoms with van der Waals surface area (Å²) in [5, 5.41) is 4.54. The van der Waals surface area contributed by atoms with Crippen molar-refractivity contribution >= 4 is 34.5 Å². The van der Waals surface area contributed by atoms with E-state index >= 15 is 0 Å². The van der Waals surface area contributed by atoms with E-state index in [1.807, 2.05) is 25.6 Å². The molecule has 3 heterocycles. The van der Waals surface area contributed by atoms with E-state index in [-0.39, 0.29) is 5.38 Å². The van der Waals surface area contributed by atoms with Crippen molar-refractivity contribution in [3.8, 4) is 0 Å². The fourth-order valence-corrected chi connectivity index (χ4v) is 4.25. The third-order valence-electron chi connectivity index (χ3n) is 3.98. The van der Waals surface area contributed by atoms with Gasteiger partial charge in [-0.25, -0.2) is 9.67 Å². The molecule has 1 atom stereocenters. The summed E-state index contributed by atoms with van der Waals surface area (Å²) in [5.41, 5.74) is 3.18. The highest BCUT2D eigenvalue weighted by Gasteiger charge is 2.26. The summed E-state index contributed by atoms with van der Waals surface area (Å²) < 4.78 is 4.44. The molecular weight excluding hydrogens is 292 g/mol. The minimum Gasteiger partial charge on any atom is -0.308 e. The summed E-state index contributed by atoms with van der Waals surface area (Å²) in [6, 6.07) is 0.513. The lowest BCUT2D eigenvalue weighted by Crippen LogP contribution is -2.19. The number of aromatic nitrogens is 4. The summed E-state index contributed by atoms with van der Waals surface area (Å²) in [6.07, 6.45) is 2.39. The van der Waals surface area contributed by atoms with Gasteiger partial charge < -0.3 is 4.57 Å². The maximum absolute atomic E-state index is 6.39. The van der Waals surface area contributed by atoms with Gasteiger partial charge in [-0.05, 0) is 45.1 Å². The second-order valence-corrected chi connectivity index (χ2v) is 7.25. The van der Waals surface area contributed by atoms with Crippen LogP contribution in [0, 0.1) is 6.92 Å². The number of aryl methyl sites for hydroxylation is 2. The fraction of sp³-hybridized carbons (Fsp3) is 0.714. The van der Waals surface area contributed by atoms with Gasteiger partial charge in [-0.15, -0.1) is 11.6 Å². The molecule has 110 valence electrons. The summed E-state index contributed by atoms with van der Waals surface area (Å²) >= 11 is 8.43. The van der Waals surface area contributed by atoms with Crippen molar-refractivity contribution in [3.63, 3.8) is 0 Å². The molecule has 0 amide bonds. The van der Waals surface area contributed by atoms with Crippen molar-refractivity contribution < 1.29 is 0 Å². The summed E-state index contributed by atoms with van der Waals surface area (Å²) in [5.74, 6) is 3.45. The van der Waals surface area contributed by atoms with Crippen molar-refractivity contribution in [1.82, 2.24) is 19.3 Å². The first-order valence-corrected chi connectivity index (χ1v) is 8.89. The van der Waals surface area contributed by atoms with Crippen molar-refractivity contribution in [1.29, 1.82) is 0 Å². The minimum atomic E-state index is -0.0679. The number of halogens is 1. The van der Waals surface area contributed by atoms with E-state index in [4.69, 9.17) is 16.6 Å². The molecule has 6 heteroatoms. The van der Waals surface area contributed by atoms with Crippen LogP contribution >= 0.6 is 23.4 Å². The molecule has 20 heavy (non-hydrogen) atoms. The Morgan fingerprint density at radius 1 is 1.40 bits per heavy atom. The summed E-state index contributed by atoms with van der Waals surface area (Å²) in [6.45, 7) is 7.04. The molecular formula is C14H21ClN4S. The quantitative estimate of drug-likeness (QED) is 0.806. The van der Waals surface area contributed by atoms with Gasteiger partial charge in [-0.1, -0.05) is 0 Å². The van der Waals surface area contributed by atoms with Crippen LogP contribution in [0.15, 0.2) is 0 Å². The number of hydrogen-bond donors (Lipinski definition) is 0. The highest BCUT2D eigenvalue weighted by atomic mass is 35.5. The minimum absolute atomic E-state index is 0.0679. The Labute approximate surface area is 128 Å². The number of imidazole rings is 1. The predicted molar refractivity (Wildman–Crippen MR) is 85.8 cm³/mol. The Balaban J connectivity index is 2.21. The van der Waals surface area contributed by atoms with E-state index in [0.29, 0.717) is 6.04 Å². The van der Waals surface area contributed by atoms with Crippen molar-refractivity contribution in [2.45, 2.75) is 51.6 Å². The average molecular weight is 313 g/mol. The fourth-order valence-electron chi connectivity index (χ4n) is 3.01. The number of thioether (sulfide) groups is 1. The zero-order chi connectivity index (χ0) is 14.3. The second-order valence-electron chi connectivity index (χ2n) is 5.37. The SMILES string of the molecule is CCn1nc(C)c2nc(C(C)Cl)n(C3CCSCC3)c21. The van der Waals surface area contributed by atoms with Crippen LogP contribution in [0.1, 0.15) is 49.6 Å². The van der Waals surface area contributed by atoms with Gasteiger partial charge in [0.15, 0.2) is 5.65 Å². The Hall–Kier alpha value is -0.680. The molecule has 4 nitrogen and oxygen atoms in total. The molecule has 1 fully saturated rings. The van der Waals surface area contributed by atoms with Crippen LogP contribution in [-0.4, -0.2) is 30.8 Å². The Morgan fingerprint density at radius 2 is 2.10 bits per heavy atom. The largest absolute Gasteiger partial charge is 0.308 e. The zero-order valence-corrected chi connectivity index (χ0v) is 13.8. The highest BCUT2D eigenvalue weighted by molar-refractivity contribution is 7.99. The van der Waals surface area contributed by atoms with Crippen molar-refractivity contribution in [2.75, 3.05) is 11.5 Å². The molecule has 1 saturated heterocycles. The van der Waals surface area contributed by atoms with Crippen LogP contribution in [0.5, 0.6) is 0 Å². The topological polar surface area (TPSA) is 35.6 Å². The Morgan fingerprint density at radius 3 is 2.70 bits per heavy atom. The van der Waals surface area contributed by atoms with Gasteiger partial charge in [0, 0.05) is 12.6 Å². The standard InChI is InChI=1S/C14H21ClN4S/c1-4-18-14-12(10(3)17-18)16-13(9(2)15)19(14)11-5-7-20-8-6-11/h9,11H,4-8H2,1-3H3. The molecule has 0 radical (unpaired) electrons. The zero-order valence-electron chi connectivity index (χ0n) is 12.3. The number of alkyl halides is 1. The van der Waals surface area contributed by atoms with Crippen LogP contribution in [0.3, 0.4) is 0 Å². The first-order valence-electron chi connectivity index (χ1n) is 7.30. The molecule has 1 aliphatic heterocycles. The number of hydrogen-bond acceptors (Lipinski definition) is 3. The lowest BCUT2D eigenvalue weighted by molar-refractivity contribution is 0.453. The summed E-state index contributed by atoms with van der Waals surface area (Å²) in [4.78, 5) is 4.80. The molecule has 0 saturated carbocycles. The van der Waals surface area contributed by atoms with Gasteiger partial charge in [0.2, 0.25) is 0 Å². The molecule has 1 unspecified atom stereocenters. The molecule has 1 aliphatic rings. The van der Waals surface area contributed by atoms with E-state index in [1.54, 1.807) is 0 Å². The molecule has 0 aromatic carbocycles. The van der Waals surface area contributed by atoms with Crippen molar-refractivity contribution in [2.24, 2.45) is 0 Å². The van der Waals surface area contributed by atoms with Crippen LogP contribution < -0.4 is 0 Å². The van der Waals surface area contributed by atoms with Crippen LogP contribution in [0.2, 0.25) is 0 Å². The first-order chi connectivity index (χ1) is 9.63. The van der Waals surface area contributed by atoms with Gasteiger partial charge in [0.1, 0.15) is 11.3 Å². The van der Waals surface area contributed by atoms with Gasteiger partial charge in [-0.2, -0.15) is 16.9 Å². The molecule has 0 spiro atoms. The molecule has 2 aromatic heterocycles. The molecule has 3 rings (SSSR count). The molecule has 0 N–H and O–H groups in total. The highest BCUT2D eigenvalue weighted by Crippen LogP contribution is 2.35. The second kappa shape index (κ2) is 5.60. The van der Waals surface area contributed by atoms with Crippen molar-refractivity contribution in [3.05, 3.63) is 11.5 Å². The summed E-state index contributed by atoms with van der Waals surface area (Å²) in [7, 11) is 0.